The van der Waals surface area contributed by atoms with Gasteiger partial charge in [0.1, 0.15) is 5.82 Å². The summed E-state index contributed by atoms with van der Waals surface area (Å²) in [6.07, 6.45) is 8.79. The lowest BCUT2D eigenvalue weighted by Crippen LogP contribution is -2.36. The normalized spacial score (nSPS) is 18.3. The first-order chi connectivity index (χ1) is 11.1. The van der Waals surface area contributed by atoms with E-state index in [4.69, 9.17) is 0 Å². The van der Waals surface area contributed by atoms with Crippen LogP contribution in [0.4, 0.5) is 5.82 Å². The number of anilines is 1. The molecule has 23 heavy (non-hydrogen) atoms. The summed E-state index contributed by atoms with van der Waals surface area (Å²) >= 11 is 0. The molecule has 1 fully saturated rings. The number of pyridine rings is 1. The van der Waals surface area contributed by atoms with Crippen molar-refractivity contribution in [2.24, 2.45) is 5.92 Å². The molecule has 1 amide bonds. The Balaban J connectivity index is 1.82. The summed E-state index contributed by atoms with van der Waals surface area (Å²) in [5.41, 5.74) is 2.42. The van der Waals surface area contributed by atoms with Gasteiger partial charge in [0.2, 0.25) is 0 Å². The van der Waals surface area contributed by atoms with Crippen LogP contribution in [0, 0.1) is 19.0 Å². The van der Waals surface area contributed by atoms with E-state index < -0.39 is 0 Å². The highest BCUT2D eigenvalue weighted by Crippen LogP contribution is 2.25. The maximum absolute atomic E-state index is 12.7. The van der Waals surface area contributed by atoms with Gasteiger partial charge in [-0.2, -0.15) is 0 Å². The lowest BCUT2D eigenvalue weighted by molar-refractivity contribution is 0.0965. The van der Waals surface area contributed by atoms with E-state index in [1.54, 1.807) is 6.08 Å². The number of nitrogens with one attached hydrogen (secondary N) is 2. The Morgan fingerprint density at radius 1 is 1.39 bits per heavy atom. The fourth-order valence-electron chi connectivity index (χ4n) is 2.89. The molecule has 0 bridgehead atoms. The second kappa shape index (κ2) is 6.86. The van der Waals surface area contributed by atoms with Gasteiger partial charge < -0.3 is 15.5 Å². The largest absolute Gasteiger partial charge is 0.378 e. The van der Waals surface area contributed by atoms with E-state index in [1.807, 2.05) is 25.1 Å². The van der Waals surface area contributed by atoms with Gasteiger partial charge in [0, 0.05) is 24.5 Å². The number of rotatable bonds is 3. The van der Waals surface area contributed by atoms with Gasteiger partial charge in [-0.15, -0.1) is 0 Å². The third-order valence-corrected chi connectivity index (χ3v) is 4.36. The number of aromatic nitrogens is 1. The summed E-state index contributed by atoms with van der Waals surface area (Å²) in [4.78, 5) is 19.6. The van der Waals surface area contributed by atoms with Crippen LogP contribution in [0.1, 0.15) is 35.8 Å². The van der Waals surface area contributed by atoms with Crippen molar-refractivity contribution >= 4 is 11.7 Å². The number of allylic oxidation sites excluding steroid dienone is 2. The molecule has 2 N–H and O–H groups in total. The Hall–Kier alpha value is -2.30. The fraction of sp³-hybridized carbons (Fsp3) is 0.444. The Kier molecular flexibility index (Phi) is 4.65. The molecule has 0 saturated carbocycles. The molecular weight excluding hydrogens is 288 g/mol. The van der Waals surface area contributed by atoms with Crippen LogP contribution in [0.5, 0.6) is 0 Å². The Bertz CT molecular complexity index is 642. The van der Waals surface area contributed by atoms with Gasteiger partial charge in [-0.05, 0) is 50.0 Å². The van der Waals surface area contributed by atoms with Crippen LogP contribution in [-0.2, 0) is 0 Å². The summed E-state index contributed by atoms with van der Waals surface area (Å²) in [6.45, 7) is 6.74. The van der Waals surface area contributed by atoms with Crippen molar-refractivity contribution in [1.82, 2.24) is 15.6 Å². The van der Waals surface area contributed by atoms with Crippen molar-refractivity contribution in [3.05, 3.63) is 47.4 Å². The highest BCUT2D eigenvalue weighted by Gasteiger charge is 2.23. The van der Waals surface area contributed by atoms with Crippen molar-refractivity contribution in [1.29, 1.82) is 0 Å². The van der Waals surface area contributed by atoms with E-state index in [9.17, 15) is 4.79 Å². The third-order valence-electron chi connectivity index (χ3n) is 4.36. The van der Waals surface area contributed by atoms with Gasteiger partial charge in [0.15, 0.2) is 0 Å². The minimum absolute atomic E-state index is 0.102. The topological polar surface area (TPSA) is 57.3 Å². The third kappa shape index (κ3) is 3.73. The van der Waals surface area contributed by atoms with Gasteiger partial charge in [-0.1, -0.05) is 6.92 Å². The quantitative estimate of drug-likeness (QED) is 0.898. The summed E-state index contributed by atoms with van der Waals surface area (Å²) < 4.78 is 0. The molecule has 1 aromatic heterocycles. The zero-order valence-electron chi connectivity index (χ0n) is 13.7. The summed E-state index contributed by atoms with van der Waals surface area (Å²) in [6, 6.07) is 3.77. The molecule has 5 heteroatoms. The van der Waals surface area contributed by atoms with Gasteiger partial charge >= 0.3 is 0 Å². The van der Waals surface area contributed by atoms with E-state index in [0.717, 1.165) is 49.1 Å². The molecule has 2 aliphatic heterocycles. The second-order valence-electron chi connectivity index (χ2n) is 6.30. The predicted octanol–water partition coefficient (Wildman–Crippen LogP) is 2.16. The number of carbonyl (C=O) groups excluding carboxylic acids is 1. The minimum Gasteiger partial charge on any atom is -0.378 e. The number of carbonyl (C=O) groups is 1. The average molecular weight is 311 g/mol. The number of piperidine rings is 1. The summed E-state index contributed by atoms with van der Waals surface area (Å²) in [7, 11) is 0. The first kappa shape index (κ1) is 15.6. The zero-order chi connectivity index (χ0) is 16.2. The number of hydrogen-bond donors (Lipinski definition) is 2. The number of hydrogen-bond acceptors (Lipinski definition) is 4. The van der Waals surface area contributed by atoms with Crippen LogP contribution in [-0.4, -0.2) is 30.5 Å². The molecule has 0 aromatic carbocycles. The Labute approximate surface area is 137 Å². The molecule has 3 heterocycles. The lowest BCUT2D eigenvalue weighted by atomic mass is 9.99. The van der Waals surface area contributed by atoms with E-state index in [1.165, 1.54) is 0 Å². The SMILES string of the molecule is Cc1ccc(C(=O)NC2=CC=[C]NC2)c(N2CCC(C)CC2)n1. The highest BCUT2D eigenvalue weighted by molar-refractivity contribution is 6.00. The van der Waals surface area contributed by atoms with Crippen molar-refractivity contribution in [3.63, 3.8) is 0 Å². The molecule has 3 rings (SSSR count). The van der Waals surface area contributed by atoms with E-state index in [2.05, 4.69) is 33.6 Å². The molecule has 0 atom stereocenters. The molecule has 0 unspecified atom stereocenters. The summed E-state index contributed by atoms with van der Waals surface area (Å²) in [5.74, 6) is 1.45. The molecule has 0 aliphatic carbocycles. The first-order valence-corrected chi connectivity index (χ1v) is 8.18. The maximum Gasteiger partial charge on any atom is 0.259 e. The van der Waals surface area contributed by atoms with Gasteiger partial charge in [0.05, 0.1) is 18.3 Å². The number of aryl methyl sites for hydroxylation is 1. The van der Waals surface area contributed by atoms with E-state index in [-0.39, 0.29) is 5.91 Å². The molecule has 121 valence electrons. The first-order valence-electron chi connectivity index (χ1n) is 8.18. The van der Waals surface area contributed by atoms with E-state index in [0.29, 0.717) is 12.1 Å². The van der Waals surface area contributed by atoms with Crippen LogP contribution in [0.3, 0.4) is 0 Å². The molecular formula is C18H23N4O. The number of amides is 1. The smallest absolute Gasteiger partial charge is 0.259 e. The lowest BCUT2D eigenvalue weighted by Gasteiger charge is -2.32. The molecule has 2 aliphatic rings. The average Bonchev–Trinajstić information content (AvgIpc) is 2.56. The second-order valence-corrected chi connectivity index (χ2v) is 6.30. The van der Waals surface area contributed by atoms with Crippen LogP contribution in [0.15, 0.2) is 30.0 Å². The van der Waals surface area contributed by atoms with Crippen LogP contribution >= 0.6 is 0 Å². The van der Waals surface area contributed by atoms with Crippen LogP contribution in [0.2, 0.25) is 0 Å². The van der Waals surface area contributed by atoms with Gasteiger partial charge in [-0.3, -0.25) is 4.79 Å². The Morgan fingerprint density at radius 2 is 2.17 bits per heavy atom. The summed E-state index contributed by atoms with van der Waals surface area (Å²) in [5, 5.41) is 5.93. The van der Waals surface area contributed by atoms with E-state index >= 15 is 0 Å². The minimum atomic E-state index is -0.102. The molecule has 1 radical (unpaired) electrons. The molecule has 1 saturated heterocycles. The fourth-order valence-corrected chi connectivity index (χ4v) is 2.89. The molecule has 1 aromatic rings. The highest BCUT2D eigenvalue weighted by atomic mass is 16.1. The number of nitrogens with zero attached hydrogens (tertiary/aromatic N) is 2. The molecule has 0 spiro atoms. The number of dihydropyridines is 1. The monoisotopic (exact) mass is 311 g/mol. The Morgan fingerprint density at radius 3 is 2.87 bits per heavy atom. The standard InChI is InChI=1S/C18H23N4O/c1-13-7-10-22(11-8-13)17-16(6-5-14(2)20-17)18(23)21-15-4-3-9-19-12-15/h3-6,13,19H,7-8,10-12H2,1-2H3,(H,21,23). The van der Waals surface area contributed by atoms with Crippen molar-refractivity contribution in [3.8, 4) is 0 Å². The van der Waals surface area contributed by atoms with Crippen molar-refractivity contribution < 1.29 is 4.79 Å². The van der Waals surface area contributed by atoms with Crippen LogP contribution < -0.4 is 15.5 Å². The van der Waals surface area contributed by atoms with Gasteiger partial charge in [-0.25, -0.2) is 4.98 Å². The van der Waals surface area contributed by atoms with Crippen molar-refractivity contribution in [2.75, 3.05) is 24.5 Å². The van der Waals surface area contributed by atoms with Crippen LogP contribution in [0.25, 0.3) is 0 Å². The van der Waals surface area contributed by atoms with Gasteiger partial charge in [0.25, 0.3) is 5.91 Å². The van der Waals surface area contributed by atoms with Crippen molar-refractivity contribution in [2.45, 2.75) is 26.7 Å². The molecule has 5 nitrogen and oxygen atoms in total. The predicted molar refractivity (Wildman–Crippen MR) is 90.9 cm³/mol. The zero-order valence-corrected chi connectivity index (χ0v) is 13.7. The maximum atomic E-state index is 12.7.